The van der Waals surface area contributed by atoms with Crippen molar-refractivity contribution in [2.24, 2.45) is 11.8 Å². The lowest BCUT2D eigenvalue weighted by Gasteiger charge is -2.11. The van der Waals surface area contributed by atoms with Crippen molar-refractivity contribution in [2.75, 3.05) is 0 Å². The Bertz CT molecular complexity index is 375. The van der Waals surface area contributed by atoms with E-state index in [0.29, 0.717) is 5.78 Å². The smallest absolute Gasteiger partial charge is 0.132 e. The SMILES string of the molecule is CCCCCCCCCCCCCCCCCCC(C)CCCCCCC[C@H](C)C(C)=O. The third kappa shape index (κ3) is 24.3. The molecule has 0 bridgehead atoms. The zero-order valence-electron chi connectivity index (χ0n) is 23.0. The minimum atomic E-state index is 0.273. The van der Waals surface area contributed by atoms with Crippen molar-refractivity contribution in [2.45, 2.75) is 182 Å². The molecule has 0 aliphatic heterocycles. The van der Waals surface area contributed by atoms with Crippen molar-refractivity contribution in [3.05, 3.63) is 0 Å². The van der Waals surface area contributed by atoms with Crippen molar-refractivity contribution in [1.29, 1.82) is 0 Å². The molecule has 0 fully saturated rings. The van der Waals surface area contributed by atoms with Crippen LogP contribution in [0.25, 0.3) is 0 Å². The zero-order chi connectivity index (χ0) is 23.7. The molecule has 0 aromatic carbocycles. The molecular weight excluding hydrogens is 388 g/mol. The number of hydrogen-bond acceptors (Lipinski definition) is 1. The second-order valence-corrected chi connectivity index (χ2v) is 11.1. The molecule has 0 spiro atoms. The Labute approximate surface area is 204 Å². The zero-order valence-corrected chi connectivity index (χ0v) is 23.0. The highest BCUT2D eigenvalue weighted by molar-refractivity contribution is 5.77. The first kappa shape index (κ1) is 31.7. The Hall–Kier alpha value is -0.330. The van der Waals surface area contributed by atoms with Crippen LogP contribution in [0.15, 0.2) is 0 Å². The van der Waals surface area contributed by atoms with E-state index in [1.807, 2.05) is 0 Å². The van der Waals surface area contributed by atoms with Crippen LogP contribution >= 0.6 is 0 Å². The van der Waals surface area contributed by atoms with Gasteiger partial charge in [0.1, 0.15) is 5.78 Å². The largest absolute Gasteiger partial charge is 0.300 e. The van der Waals surface area contributed by atoms with Gasteiger partial charge >= 0.3 is 0 Å². The quantitative estimate of drug-likeness (QED) is 0.120. The normalized spacial score (nSPS) is 13.4. The summed E-state index contributed by atoms with van der Waals surface area (Å²) in [6, 6.07) is 0. The van der Waals surface area contributed by atoms with Gasteiger partial charge < -0.3 is 0 Å². The van der Waals surface area contributed by atoms with Gasteiger partial charge in [0, 0.05) is 5.92 Å². The molecule has 0 heterocycles. The summed E-state index contributed by atoms with van der Waals surface area (Å²) in [5.41, 5.74) is 0. The third-order valence-electron chi connectivity index (χ3n) is 7.58. The van der Waals surface area contributed by atoms with E-state index in [1.54, 1.807) is 6.92 Å². The molecule has 0 amide bonds. The molecule has 0 aliphatic rings. The fourth-order valence-corrected chi connectivity index (χ4v) is 4.86. The summed E-state index contributed by atoms with van der Waals surface area (Å²) in [5, 5.41) is 0. The van der Waals surface area contributed by atoms with Gasteiger partial charge in [-0.3, -0.25) is 4.79 Å². The number of hydrogen-bond donors (Lipinski definition) is 0. The first-order chi connectivity index (χ1) is 15.6. The molecule has 1 unspecified atom stereocenters. The van der Waals surface area contributed by atoms with Gasteiger partial charge in [-0.1, -0.05) is 168 Å². The van der Waals surface area contributed by atoms with E-state index in [9.17, 15) is 4.79 Å². The van der Waals surface area contributed by atoms with Gasteiger partial charge in [0.25, 0.3) is 0 Å². The van der Waals surface area contributed by atoms with Crippen LogP contribution < -0.4 is 0 Å². The highest BCUT2D eigenvalue weighted by Gasteiger charge is 2.06. The average Bonchev–Trinajstić information content (AvgIpc) is 2.77. The van der Waals surface area contributed by atoms with Crippen LogP contribution in [0.2, 0.25) is 0 Å². The Morgan fingerprint density at radius 3 is 1.06 bits per heavy atom. The summed E-state index contributed by atoms with van der Waals surface area (Å²) in [4.78, 5) is 11.2. The van der Waals surface area contributed by atoms with Crippen molar-refractivity contribution in [1.82, 2.24) is 0 Å². The summed E-state index contributed by atoms with van der Waals surface area (Å²) in [6.45, 7) is 8.56. The lowest BCUT2D eigenvalue weighted by molar-refractivity contribution is -0.120. The fraction of sp³-hybridized carbons (Fsp3) is 0.968. The molecule has 0 N–H and O–H groups in total. The lowest BCUT2D eigenvalue weighted by Crippen LogP contribution is -2.05. The molecule has 0 aliphatic carbocycles. The molecular formula is C31H62O. The molecule has 0 saturated carbocycles. The van der Waals surface area contributed by atoms with Crippen LogP contribution in [0.3, 0.4) is 0 Å². The molecule has 32 heavy (non-hydrogen) atoms. The monoisotopic (exact) mass is 450 g/mol. The summed E-state index contributed by atoms with van der Waals surface area (Å²) < 4.78 is 0. The highest BCUT2D eigenvalue weighted by atomic mass is 16.1. The molecule has 0 aromatic heterocycles. The Morgan fingerprint density at radius 2 is 0.750 bits per heavy atom. The maximum Gasteiger partial charge on any atom is 0.132 e. The summed E-state index contributed by atoms with van der Waals surface area (Å²) in [6.07, 6.45) is 34.0. The van der Waals surface area contributed by atoms with E-state index in [1.165, 1.54) is 148 Å². The van der Waals surface area contributed by atoms with Crippen LogP contribution in [0.1, 0.15) is 182 Å². The fourth-order valence-electron chi connectivity index (χ4n) is 4.86. The molecule has 192 valence electrons. The standard InChI is InChI=1S/C31H62O/c1-5-6-7-8-9-10-11-12-13-14-15-16-17-18-20-23-26-29(2)27-24-21-19-22-25-28-30(3)31(4)32/h29-30H,5-28H2,1-4H3/t29?,30-/m0/s1. The van der Waals surface area contributed by atoms with Crippen LogP contribution in [-0.2, 0) is 4.79 Å². The molecule has 0 saturated heterocycles. The van der Waals surface area contributed by atoms with E-state index < -0.39 is 0 Å². The first-order valence-corrected chi connectivity index (χ1v) is 15.1. The average molecular weight is 451 g/mol. The van der Waals surface area contributed by atoms with E-state index >= 15 is 0 Å². The highest BCUT2D eigenvalue weighted by Crippen LogP contribution is 2.19. The van der Waals surface area contributed by atoms with E-state index in [2.05, 4.69) is 20.8 Å². The molecule has 0 rings (SSSR count). The van der Waals surface area contributed by atoms with E-state index in [4.69, 9.17) is 0 Å². The predicted octanol–water partition coefficient (Wildman–Crippen LogP) is 11.2. The third-order valence-corrected chi connectivity index (χ3v) is 7.58. The molecule has 1 nitrogen and oxygen atoms in total. The first-order valence-electron chi connectivity index (χ1n) is 15.1. The maximum absolute atomic E-state index is 11.2. The molecule has 1 heteroatoms. The summed E-state index contributed by atoms with van der Waals surface area (Å²) in [7, 11) is 0. The lowest BCUT2D eigenvalue weighted by atomic mass is 9.95. The van der Waals surface area contributed by atoms with Crippen LogP contribution in [0.4, 0.5) is 0 Å². The topological polar surface area (TPSA) is 17.1 Å². The van der Waals surface area contributed by atoms with Gasteiger partial charge in [-0.25, -0.2) is 0 Å². The van der Waals surface area contributed by atoms with Gasteiger partial charge in [-0.15, -0.1) is 0 Å². The van der Waals surface area contributed by atoms with Crippen LogP contribution in [0, 0.1) is 11.8 Å². The van der Waals surface area contributed by atoms with Gasteiger partial charge in [0.15, 0.2) is 0 Å². The molecule has 2 atom stereocenters. The van der Waals surface area contributed by atoms with E-state index in [0.717, 1.165) is 12.3 Å². The number of ketones is 1. The number of carbonyl (C=O) groups is 1. The van der Waals surface area contributed by atoms with Gasteiger partial charge in [0.05, 0.1) is 0 Å². The van der Waals surface area contributed by atoms with Crippen molar-refractivity contribution in [3.8, 4) is 0 Å². The Balaban J connectivity index is 3.19. The number of unbranched alkanes of at least 4 members (excludes halogenated alkanes) is 19. The van der Waals surface area contributed by atoms with Crippen molar-refractivity contribution >= 4 is 5.78 Å². The maximum atomic E-state index is 11.2. The van der Waals surface area contributed by atoms with Crippen LogP contribution in [0.5, 0.6) is 0 Å². The number of rotatable bonds is 26. The number of carbonyl (C=O) groups excluding carboxylic acids is 1. The summed E-state index contributed by atoms with van der Waals surface area (Å²) >= 11 is 0. The van der Waals surface area contributed by atoms with Crippen molar-refractivity contribution < 1.29 is 4.79 Å². The minimum absolute atomic E-state index is 0.273. The molecule has 0 aromatic rings. The molecule has 0 radical (unpaired) electrons. The van der Waals surface area contributed by atoms with Crippen LogP contribution in [-0.4, -0.2) is 5.78 Å². The second kappa shape index (κ2) is 25.3. The second-order valence-electron chi connectivity index (χ2n) is 11.1. The predicted molar refractivity (Wildman–Crippen MR) is 145 cm³/mol. The summed E-state index contributed by atoms with van der Waals surface area (Å²) in [5.74, 6) is 1.54. The Morgan fingerprint density at radius 1 is 0.469 bits per heavy atom. The van der Waals surface area contributed by atoms with Gasteiger partial charge in [-0.2, -0.15) is 0 Å². The number of Topliss-reactive ketones (excluding diaryl/α,β-unsaturated/α-hetero) is 1. The van der Waals surface area contributed by atoms with E-state index in [-0.39, 0.29) is 5.92 Å². The minimum Gasteiger partial charge on any atom is -0.300 e. The Kier molecular flexibility index (Phi) is 25.0. The van der Waals surface area contributed by atoms with Gasteiger partial charge in [0.2, 0.25) is 0 Å². The van der Waals surface area contributed by atoms with Crippen molar-refractivity contribution in [3.63, 3.8) is 0 Å². The van der Waals surface area contributed by atoms with Gasteiger partial charge in [-0.05, 0) is 19.3 Å².